The van der Waals surface area contributed by atoms with Gasteiger partial charge in [0.25, 0.3) is 5.69 Å². The number of benzene rings is 1. The predicted molar refractivity (Wildman–Crippen MR) is 79.7 cm³/mol. The molecular weight excluding hydrogens is 270 g/mol. The zero-order valence-corrected chi connectivity index (χ0v) is 12.0. The Morgan fingerprint density at radius 1 is 1.38 bits per heavy atom. The van der Waals surface area contributed by atoms with Gasteiger partial charge in [0.2, 0.25) is 5.91 Å². The Balaban J connectivity index is 1.95. The Kier molecular flexibility index (Phi) is 5.27. The zero-order chi connectivity index (χ0) is 15.2. The second-order valence-corrected chi connectivity index (χ2v) is 5.56. The second-order valence-electron chi connectivity index (χ2n) is 5.56. The Bertz CT molecular complexity index is 519. The van der Waals surface area contributed by atoms with Gasteiger partial charge in [-0.05, 0) is 30.9 Å². The average Bonchev–Trinajstić information content (AvgIpc) is 2.48. The molecule has 1 aromatic carbocycles. The maximum Gasteiger partial charge on any atom is 0.269 e. The summed E-state index contributed by atoms with van der Waals surface area (Å²) in [4.78, 5) is 22.4. The molecule has 0 heterocycles. The number of hydrogen-bond acceptors (Lipinski definition) is 4. The van der Waals surface area contributed by atoms with Gasteiger partial charge < -0.3 is 11.1 Å². The van der Waals surface area contributed by atoms with Crippen LogP contribution in [-0.4, -0.2) is 23.4 Å². The van der Waals surface area contributed by atoms with Crippen LogP contribution >= 0.6 is 0 Å². The van der Waals surface area contributed by atoms with Gasteiger partial charge in [0.05, 0.1) is 11.3 Å². The smallest absolute Gasteiger partial charge is 0.269 e. The standard InChI is InChI=1S/C15H21N3O3/c16-10-12-5-1-2-7-14(12)17-15(19)9-11-4-3-6-13(8-11)18(20)21/h3-4,6,8,12,14H,1-2,5,7,9-10,16H2,(H,17,19). The summed E-state index contributed by atoms with van der Waals surface area (Å²) in [6, 6.07) is 6.33. The molecule has 2 rings (SSSR count). The summed E-state index contributed by atoms with van der Waals surface area (Å²) in [5.74, 6) is 0.244. The number of nitro groups is 1. The van der Waals surface area contributed by atoms with Crippen LogP contribution in [0.5, 0.6) is 0 Å². The lowest BCUT2D eigenvalue weighted by molar-refractivity contribution is -0.384. The molecule has 114 valence electrons. The summed E-state index contributed by atoms with van der Waals surface area (Å²) in [5.41, 5.74) is 6.42. The lowest BCUT2D eigenvalue weighted by atomic mass is 9.84. The summed E-state index contributed by atoms with van der Waals surface area (Å²) in [6.45, 7) is 0.585. The summed E-state index contributed by atoms with van der Waals surface area (Å²) < 4.78 is 0. The third-order valence-electron chi connectivity index (χ3n) is 4.04. The number of nitrogens with zero attached hydrogens (tertiary/aromatic N) is 1. The van der Waals surface area contributed by atoms with E-state index >= 15 is 0 Å². The van der Waals surface area contributed by atoms with Crippen molar-refractivity contribution in [3.63, 3.8) is 0 Å². The number of nitrogens with one attached hydrogen (secondary N) is 1. The Hall–Kier alpha value is -1.95. The highest BCUT2D eigenvalue weighted by Gasteiger charge is 2.25. The molecule has 1 aromatic rings. The molecule has 1 saturated carbocycles. The van der Waals surface area contributed by atoms with Gasteiger partial charge in [0.15, 0.2) is 0 Å². The van der Waals surface area contributed by atoms with Crippen LogP contribution in [-0.2, 0) is 11.2 Å². The molecule has 0 spiro atoms. The van der Waals surface area contributed by atoms with Crippen molar-refractivity contribution in [3.8, 4) is 0 Å². The van der Waals surface area contributed by atoms with Crippen molar-refractivity contribution in [1.29, 1.82) is 0 Å². The van der Waals surface area contributed by atoms with E-state index in [-0.39, 0.29) is 24.1 Å². The van der Waals surface area contributed by atoms with Gasteiger partial charge in [0.1, 0.15) is 0 Å². The number of nitro benzene ring substituents is 1. The van der Waals surface area contributed by atoms with E-state index in [1.165, 1.54) is 18.6 Å². The fraction of sp³-hybridized carbons (Fsp3) is 0.533. The Morgan fingerprint density at radius 2 is 2.14 bits per heavy atom. The molecule has 0 aliphatic heterocycles. The highest BCUT2D eigenvalue weighted by Crippen LogP contribution is 2.23. The first kappa shape index (κ1) is 15.4. The van der Waals surface area contributed by atoms with E-state index in [4.69, 9.17) is 5.73 Å². The van der Waals surface area contributed by atoms with Gasteiger partial charge in [-0.2, -0.15) is 0 Å². The summed E-state index contributed by atoms with van der Waals surface area (Å²) in [5, 5.41) is 13.8. The second kappa shape index (κ2) is 7.17. The lowest BCUT2D eigenvalue weighted by Crippen LogP contribution is -2.45. The van der Waals surface area contributed by atoms with Gasteiger partial charge in [-0.1, -0.05) is 25.0 Å². The molecule has 1 aliphatic rings. The number of nitrogens with two attached hydrogens (primary N) is 1. The minimum atomic E-state index is -0.451. The van der Waals surface area contributed by atoms with Crippen molar-refractivity contribution >= 4 is 11.6 Å². The van der Waals surface area contributed by atoms with Crippen LogP contribution in [0.3, 0.4) is 0 Å². The molecule has 0 radical (unpaired) electrons. The van der Waals surface area contributed by atoms with Gasteiger partial charge in [-0.15, -0.1) is 0 Å². The summed E-state index contributed by atoms with van der Waals surface area (Å²) in [7, 11) is 0. The van der Waals surface area contributed by atoms with E-state index in [2.05, 4.69) is 5.32 Å². The molecule has 0 aromatic heterocycles. The largest absolute Gasteiger partial charge is 0.353 e. The molecular formula is C15H21N3O3. The highest BCUT2D eigenvalue weighted by molar-refractivity contribution is 5.79. The first-order chi connectivity index (χ1) is 10.1. The normalized spacial score (nSPS) is 21.8. The third kappa shape index (κ3) is 4.26. The maximum absolute atomic E-state index is 12.1. The van der Waals surface area contributed by atoms with Gasteiger partial charge in [0, 0.05) is 18.2 Å². The van der Waals surface area contributed by atoms with Crippen molar-refractivity contribution in [2.24, 2.45) is 11.7 Å². The van der Waals surface area contributed by atoms with Crippen molar-refractivity contribution in [2.75, 3.05) is 6.54 Å². The SMILES string of the molecule is NCC1CCCCC1NC(=O)Cc1cccc([N+](=O)[O-])c1. The summed E-state index contributed by atoms with van der Waals surface area (Å²) >= 11 is 0. The monoisotopic (exact) mass is 291 g/mol. The quantitative estimate of drug-likeness (QED) is 0.638. The highest BCUT2D eigenvalue weighted by atomic mass is 16.6. The van der Waals surface area contributed by atoms with Crippen LogP contribution < -0.4 is 11.1 Å². The van der Waals surface area contributed by atoms with Gasteiger partial charge in [-0.3, -0.25) is 14.9 Å². The molecule has 6 heteroatoms. The molecule has 6 nitrogen and oxygen atoms in total. The third-order valence-corrected chi connectivity index (χ3v) is 4.04. The minimum Gasteiger partial charge on any atom is -0.353 e. The molecule has 21 heavy (non-hydrogen) atoms. The maximum atomic E-state index is 12.1. The van der Waals surface area contributed by atoms with Crippen LogP contribution in [0, 0.1) is 16.0 Å². The van der Waals surface area contributed by atoms with Gasteiger partial charge in [-0.25, -0.2) is 0 Å². The molecule has 1 fully saturated rings. The van der Waals surface area contributed by atoms with Crippen LogP contribution in [0.4, 0.5) is 5.69 Å². The van der Waals surface area contributed by atoms with Gasteiger partial charge >= 0.3 is 0 Å². The van der Waals surface area contributed by atoms with Crippen LogP contribution in [0.15, 0.2) is 24.3 Å². The van der Waals surface area contributed by atoms with E-state index in [0.29, 0.717) is 18.0 Å². The lowest BCUT2D eigenvalue weighted by Gasteiger charge is -2.31. The Morgan fingerprint density at radius 3 is 2.86 bits per heavy atom. The van der Waals surface area contributed by atoms with Crippen LogP contribution in [0.25, 0.3) is 0 Å². The van der Waals surface area contributed by atoms with E-state index < -0.39 is 4.92 Å². The fourth-order valence-corrected chi connectivity index (χ4v) is 2.90. The zero-order valence-electron chi connectivity index (χ0n) is 12.0. The van der Waals surface area contributed by atoms with Crippen molar-refractivity contribution in [1.82, 2.24) is 5.32 Å². The van der Waals surface area contributed by atoms with E-state index in [1.807, 2.05) is 0 Å². The number of non-ortho nitro benzene ring substituents is 1. The fourth-order valence-electron chi connectivity index (χ4n) is 2.90. The molecule has 0 saturated heterocycles. The molecule has 0 bridgehead atoms. The topological polar surface area (TPSA) is 98.3 Å². The predicted octanol–water partition coefficient (Wildman–Crippen LogP) is 1.77. The average molecular weight is 291 g/mol. The summed E-state index contributed by atoms with van der Waals surface area (Å²) in [6.07, 6.45) is 4.45. The van der Waals surface area contributed by atoms with Crippen molar-refractivity contribution in [3.05, 3.63) is 39.9 Å². The van der Waals surface area contributed by atoms with Crippen LogP contribution in [0.2, 0.25) is 0 Å². The van der Waals surface area contributed by atoms with E-state index in [1.54, 1.807) is 12.1 Å². The van der Waals surface area contributed by atoms with Crippen LogP contribution in [0.1, 0.15) is 31.2 Å². The molecule has 2 unspecified atom stereocenters. The molecule has 1 amide bonds. The number of carbonyl (C=O) groups is 1. The minimum absolute atomic E-state index is 0.0119. The molecule has 1 aliphatic carbocycles. The van der Waals surface area contributed by atoms with Crippen molar-refractivity contribution < 1.29 is 9.72 Å². The number of rotatable bonds is 5. The molecule has 3 N–H and O–H groups in total. The first-order valence-corrected chi connectivity index (χ1v) is 7.33. The number of hydrogen-bond donors (Lipinski definition) is 2. The number of carbonyl (C=O) groups excluding carboxylic acids is 1. The van der Waals surface area contributed by atoms with Crippen molar-refractivity contribution in [2.45, 2.75) is 38.1 Å². The van der Waals surface area contributed by atoms with E-state index in [0.717, 1.165) is 19.3 Å². The number of amides is 1. The molecule has 2 atom stereocenters. The Labute approximate surface area is 123 Å². The van der Waals surface area contributed by atoms with E-state index in [9.17, 15) is 14.9 Å². The first-order valence-electron chi connectivity index (χ1n) is 7.33.